The fourth-order valence-electron chi connectivity index (χ4n) is 5.77. The summed E-state index contributed by atoms with van der Waals surface area (Å²) in [5.41, 5.74) is 3.42. The van der Waals surface area contributed by atoms with E-state index in [4.69, 9.17) is 28.4 Å². The minimum Gasteiger partial charge on any atom is -0.497 e. The van der Waals surface area contributed by atoms with Crippen LogP contribution in [-0.4, -0.2) is 69.3 Å². The molecule has 0 spiro atoms. The van der Waals surface area contributed by atoms with E-state index in [1.807, 2.05) is 48.6 Å². The summed E-state index contributed by atoms with van der Waals surface area (Å²) < 4.78 is 34.8. The molecule has 7 nitrogen and oxygen atoms in total. The lowest BCUT2D eigenvalue weighted by molar-refractivity contribution is -0.0556. The van der Waals surface area contributed by atoms with Crippen molar-refractivity contribution in [3.8, 4) is 5.75 Å². The van der Waals surface area contributed by atoms with Gasteiger partial charge >= 0.3 is 0 Å². The number of benzene rings is 1. The lowest BCUT2D eigenvalue weighted by atomic mass is 9.91. The van der Waals surface area contributed by atoms with Gasteiger partial charge in [-0.05, 0) is 75.5 Å². The van der Waals surface area contributed by atoms with E-state index in [1.54, 1.807) is 20.3 Å². The first kappa shape index (κ1) is 37.7. The fourth-order valence-corrected chi connectivity index (χ4v) is 5.77. The lowest BCUT2D eigenvalue weighted by Crippen LogP contribution is -2.28. The summed E-state index contributed by atoms with van der Waals surface area (Å²) in [5, 5.41) is 11.2. The van der Waals surface area contributed by atoms with E-state index >= 15 is 0 Å². The predicted octanol–water partition coefficient (Wildman–Crippen LogP) is 7.82. The highest BCUT2D eigenvalue weighted by Gasteiger charge is 2.22. The summed E-state index contributed by atoms with van der Waals surface area (Å²) in [7, 11) is 3.27. The largest absolute Gasteiger partial charge is 0.497 e. The van der Waals surface area contributed by atoms with Crippen molar-refractivity contribution < 1.29 is 33.5 Å². The molecule has 2 aliphatic heterocycles. The van der Waals surface area contributed by atoms with Crippen molar-refractivity contribution in [1.82, 2.24) is 0 Å². The quantitative estimate of drug-likeness (QED) is 0.109. The first-order valence-corrected chi connectivity index (χ1v) is 16.5. The molecule has 254 valence electrons. The zero-order valence-corrected chi connectivity index (χ0v) is 28.4. The third-order valence-corrected chi connectivity index (χ3v) is 8.22. The summed E-state index contributed by atoms with van der Waals surface area (Å²) in [5.74, 6) is 1.23. The number of methoxy groups -OCH3 is 2. The Balaban J connectivity index is 1.59. The fraction of sp³-hybridized carbons (Fsp3) is 0.538. The van der Waals surface area contributed by atoms with E-state index in [1.165, 1.54) is 5.57 Å². The molecule has 0 saturated carbocycles. The van der Waals surface area contributed by atoms with Crippen molar-refractivity contribution in [3.63, 3.8) is 0 Å². The molecule has 7 heteroatoms. The van der Waals surface area contributed by atoms with Gasteiger partial charge in [0.15, 0.2) is 0 Å². The van der Waals surface area contributed by atoms with Gasteiger partial charge < -0.3 is 33.5 Å². The number of hydrogen-bond acceptors (Lipinski definition) is 7. The number of hydrogen-bond donors (Lipinski definition) is 1. The molecule has 0 aliphatic carbocycles. The third-order valence-electron chi connectivity index (χ3n) is 8.22. The summed E-state index contributed by atoms with van der Waals surface area (Å²) in [6, 6.07) is 7.75. The molecule has 0 amide bonds. The van der Waals surface area contributed by atoms with Gasteiger partial charge in [0.1, 0.15) is 12.5 Å². The molecule has 3 rings (SSSR count). The van der Waals surface area contributed by atoms with Crippen LogP contribution < -0.4 is 4.74 Å². The molecule has 0 bridgehead atoms. The van der Waals surface area contributed by atoms with Crippen molar-refractivity contribution in [3.05, 3.63) is 103 Å². The van der Waals surface area contributed by atoms with Gasteiger partial charge in [-0.15, -0.1) is 6.58 Å². The Hall–Kier alpha value is -2.78. The molecule has 46 heavy (non-hydrogen) atoms. The van der Waals surface area contributed by atoms with Crippen molar-refractivity contribution in [1.29, 1.82) is 0 Å². The molecule has 2 heterocycles. The number of ether oxygens (including phenoxy) is 6. The van der Waals surface area contributed by atoms with Crippen LogP contribution in [-0.2, 0) is 30.3 Å². The van der Waals surface area contributed by atoms with Crippen LogP contribution in [0.15, 0.2) is 97.2 Å². The Morgan fingerprint density at radius 2 is 1.93 bits per heavy atom. The van der Waals surface area contributed by atoms with Crippen molar-refractivity contribution in [2.45, 2.75) is 102 Å². The van der Waals surface area contributed by atoms with Gasteiger partial charge in [0, 0.05) is 7.11 Å². The smallest absolute Gasteiger partial charge is 0.147 e. The Kier molecular flexibility index (Phi) is 17.3. The first-order valence-electron chi connectivity index (χ1n) is 16.5. The third kappa shape index (κ3) is 14.3. The van der Waals surface area contributed by atoms with Crippen LogP contribution in [0.3, 0.4) is 0 Å². The molecule has 1 aromatic carbocycles. The van der Waals surface area contributed by atoms with Gasteiger partial charge in [-0.3, -0.25) is 0 Å². The molecule has 0 saturated heterocycles. The van der Waals surface area contributed by atoms with Crippen LogP contribution in [0.5, 0.6) is 5.75 Å². The van der Waals surface area contributed by atoms with E-state index in [-0.39, 0.29) is 31.2 Å². The summed E-state index contributed by atoms with van der Waals surface area (Å²) in [6.07, 6.45) is 20.6. The second kappa shape index (κ2) is 21.2. The molecule has 2 aliphatic rings. The predicted molar refractivity (Wildman–Crippen MR) is 185 cm³/mol. The van der Waals surface area contributed by atoms with Crippen molar-refractivity contribution in [2.24, 2.45) is 5.92 Å². The van der Waals surface area contributed by atoms with Gasteiger partial charge in [0.05, 0.1) is 56.9 Å². The van der Waals surface area contributed by atoms with Crippen LogP contribution >= 0.6 is 0 Å². The van der Waals surface area contributed by atoms with Crippen LogP contribution in [0.1, 0.15) is 64.4 Å². The zero-order valence-electron chi connectivity index (χ0n) is 28.4. The SMILES string of the molecule is C=CC[C@@H]1C=CC[C@@H](C[C@@H](C)CC(=C)C[C@@H](/C=C/C[C@H](OCc2ccc(OC)cc2)[C@@H](O)/C=C/[C@@H]2CC(C)=CCO2)OCOC)O1. The maximum atomic E-state index is 11.2. The van der Waals surface area contributed by atoms with E-state index in [0.717, 1.165) is 49.0 Å². The van der Waals surface area contributed by atoms with E-state index in [2.05, 4.69) is 45.2 Å². The van der Waals surface area contributed by atoms with Crippen LogP contribution in [0, 0.1) is 5.92 Å². The number of rotatable bonds is 21. The molecule has 0 aromatic heterocycles. The molecule has 1 N–H and O–H groups in total. The molecule has 0 unspecified atom stereocenters. The highest BCUT2D eigenvalue weighted by Crippen LogP contribution is 2.26. The summed E-state index contributed by atoms with van der Waals surface area (Å²) in [6.45, 7) is 13.7. The average Bonchev–Trinajstić information content (AvgIpc) is 3.04. The minimum atomic E-state index is -0.810. The molecule has 0 fully saturated rings. The lowest BCUT2D eigenvalue weighted by Gasteiger charge is -2.28. The highest BCUT2D eigenvalue weighted by molar-refractivity contribution is 5.26. The van der Waals surface area contributed by atoms with Crippen LogP contribution in [0.25, 0.3) is 0 Å². The van der Waals surface area contributed by atoms with E-state index in [9.17, 15) is 5.11 Å². The Morgan fingerprint density at radius 3 is 2.65 bits per heavy atom. The molecular weight excluding hydrogens is 580 g/mol. The zero-order chi connectivity index (χ0) is 33.1. The average molecular weight is 637 g/mol. The van der Waals surface area contributed by atoms with Gasteiger partial charge in [-0.1, -0.05) is 85.4 Å². The maximum Gasteiger partial charge on any atom is 0.147 e. The van der Waals surface area contributed by atoms with Crippen LogP contribution in [0.2, 0.25) is 0 Å². The Labute approximate surface area is 277 Å². The van der Waals surface area contributed by atoms with Crippen molar-refractivity contribution >= 4 is 0 Å². The van der Waals surface area contributed by atoms with E-state index < -0.39 is 12.2 Å². The first-order chi connectivity index (χ1) is 22.3. The molecule has 1 aromatic rings. The van der Waals surface area contributed by atoms with Crippen LogP contribution in [0.4, 0.5) is 0 Å². The second-order valence-electron chi connectivity index (χ2n) is 12.5. The Bertz CT molecular complexity index is 1150. The van der Waals surface area contributed by atoms with Gasteiger partial charge in [0.25, 0.3) is 0 Å². The minimum absolute atomic E-state index is 0.0487. The topological polar surface area (TPSA) is 75.6 Å². The number of aliphatic hydroxyl groups is 1. The number of aliphatic hydroxyl groups excluding tert-OH is 1. The van der Waals surface area contributed by atoms with Gasteiger partial charge in [0.2, 0.25) is 0 Å². The second-order valence-corrected chi connectivity index (χ2v) is 12.5. The summed E-state index contributed by atoms with van der Waals surface area (Å²) >= 11 is 0. The summed E-state index contributed by atoms with van der Waals surface area (Å²) in [4.78, 5) is 0. The Morgan fingerprint density at radius 1 is 1.13 bits per heavy atom. The van der Waals surface area contributed by atoms with E-state index in [0.29, 0.717) is 32.0 Å². The van der Waals surface area contributed by atoms with Gasteiger partial charge in [-0.25, -0.2) is 0 Å². The molecule has 0 radical (unpaired) electrons. The molecular formula is C39H56O7. The van der Waals surface area contributed by atoms with Crippen molar-refractivity contribution in [2.75, 3.05) is 27.6 Å². The highest BCUT2D eigenvalue weighted by atomic mass is 16.7. The maximum absolute atomic E-state index is 11.2. The monoisotopic (exact) mass is 636 g/mol. The van der Waals surface area contributed by atoms with Gasteiger partial charge in [-0.2, -0.15) is 0 Å². The molecule has 7 atom stereocenters. The standard InChI is InChI=1S/C39H56O7/c1-7-10-34-11-8-13-37(46-34)26-31(4)23-30(3)25-35(45-28-41-5)12-9-14-39(44-27-32-15-17-33(42-6)18-16-32)38(40)20-19-36-24-29(2)21-22-43-36/h7-9,11-12,15-21,31,34-40H,1,3,10,13-14,22-28H2,2,4-6H3/b12-9+,20-19+/t31-,34+,35+,36+,37-,38-,39-/m0/s1. The normalized spacial score (nSPS) is 22.8.